The summed E-state index contributed by atoms with van der Waals surface area (Å²) in [7, 11) is 3.20. The fraction of sp³-hybridized carbons (Fsp3) is 0.846. The van der Waals surface area contributed by atoms with E-state index in [-0.39, 0.29) is 30.7 Å². The van der Waals surface area contributed by atoms with Gasteiger partial charge in [0.05, 0.1) is 19.0 Å². The van der Waals surface area contributed by atoms with Crippen molar-refractivity contribution in [3.8, 4) is 0 Å². The average Bonchev–Trinajstić information content (AvgIpc) is 3.00. The summed E-state index contributed by atoms with van der Waals surface area (Å²) in [6, 6.07) is -0.123. The van der Waals surface area contributed by atoms with E-state index in [4.69, 9.17) is 14.6 Å². The van der Waals surface area contributed by atoms with Gasteiger partial charge in [-0.1, -0.05) is 6.92 Å². The van der Waals surface area contributed by atoms with Gasteiger partial charge in [-0.25, -0.2) is 4.79 Å². The summed E-state index contributed by atoms with van der Waals surface area (Å²) in [5.41, 5.74) is 0. The van der Waals surface area contributed by atoms with Gasteiger partial charge in [-0.05, 0) is 5.92 Å². The molecule has 4 unspecified atom stereocenters. The number of carboxylic acid groups (broad SMARTS) is 1. The smallest absolute Gasteiger partial charge is 0.320 e. The first kappa shape index (κ1) is 15.1. The van der Waals surface area contributed by atoms with Gasteiger partial charge >= 0.3 is 12.0 Å². The van der Waals surface area contributed by atoms with E-state index in [9.17, 15) is 9.59 Å². The number of nitrogens with zero attached hydrogens (tertiary/aromatic N) is 2. The molecule has 0 saturated carbocycles. The molecule has 2 saturated heterocycles. The van der Waals surface area contributed by atoms with E-state index in [0.29, 0.717) is 19.6 Å². The molecule has 2 heterocycles. The Labute approximate surface area is 118 Å². The van der Waals surface area contributed by atoms with Crippen molar-refractivity contribution in [1.29, 1.82) is 0 Å². The highest BCUT2D eigenvalue weighted by atomic mass is 16.5. The normalized spacial score (nSPS) is 33.8. The third-order valence-electron chi connectivity index (χ3n) is 4.29. The maximum Gasteiger partial charge on any atom is 0.320 e. The number of aliphatic carboxylic acids is 1. The number of hydrogen-bond acceptors (Lipinski definition) is 4. The molecule has 0 aromatic heterocycles. The van der Waals surface area contributed by atoms with Crippen LogP contribution in [-0.2, 0) is 14.3 Å². The number of carbonyl (C=O) groups is 2. The van der Waals surface area contributed by atoms with E-state index in [1.54, 1.807) is 24.0 Å². The number of rotatable bonds is 3. The van der Waals surface area contributed by atoms with Crippen LogP contribution in [0, 0.1) is 11.8 Å². The summed E-state index contributed by atoms with van der Waals surface area (Å²) in [5.74, 6) is -1.33. The first-order valence-electron chi connectivity index (χ1n) is 6.80. The molecule has 114 valence electrons. The Morgan fingerprint density at radius 2 is 1.50 bits per heavy atom. The van der Waals surface area contributed by atoms with Crippen molar-refractivity contribution >= 4 is 12.0 Å². The van der Waals surface area contributed by atoms with Crippen LogP contribution in [0.1, 0.15) is 6.92 Å². The lowest BCUT2D eigenvalue weighted by molar-refractivity contribution is -0.142. The van der Waals surface area contributed by atoms with Gasteiger partial charge in [0.1, 0.15) is 12.2 Å². The van der Waals surface area contributed by atoms with Crippen molar-refractivity contribution in [2.75, 3.05) is 40.4 Å². The maximum absolute atomic E-state index is 12.4. The van der Waals surface area contributed by atoms with E-state index in [1.807, 2.05) is 6.92 Å². The minimum Gasteiger partial charge on any atom is -0.481 e. The molecule has 7 heteroatoms. The molecule has 20 heavy (non-hydrogen) atoms. The molecular formula is C13H22N2O5. The van der Waals surface area contributed by atoms with Gasteiger partial charge < -0.3 is 24.4 Å². The number of likely N-dealkylation sites (tertiary alicyclic amines) is 2. The Morgan fingerprint density at radius 1 is 1.00 bits per heavy atom. The van der Waals surface area contributed by atoms with Crippen molar-refractivity contribution in [2.45, 2.75) is 19.1 Å². The Morgan fingerprint density at radius 3 is 1.90 bits per heavy atom. The van der Waals surface area contributed by atoms with Crippen molar-refractivity contribution < 1.29 is 24.2 Å². The molecule has 0 radical (unpaired) electrons. The van der Waals surface area contributed by atoms with E-state index in [0.717, 1.165) is 0 Å². The lowest BCUT2D eigenvalue weighted by atomic mass is 9.99. The van der Waals surface area contributed by atoms with Crippen molar-refractivity contribution in [3.63, 3.8) is 0 Å². The van der Waals surface area contributed by atoms with Gasteiger partial charge in [0.2, 0.25) is 0 Å². The van der Waals surface area contributed by atoms with Crippen LogP contribution in [0.25, 0.3) is 0 Å². The fourth-order valence-electron chi connectivity index (χ4n) is 3.00. The van der Waals surface area contributed by atoms with E-state index >= 15 is 0 Å². The summed E-state index contributed by atoms with van der Waals surface area (Å²) in [5, 5.41) is 9.12. The maximum atomic E-state index is 12.4. The summed E-state index contributed by atoms with van der Waals surface area (Å²) < 4.78 is 10.6. The summed E-state index contributed by atoms with van der Waals surface area (Å²) >= 11 is 0. The molecule has 0 aliphatic carbocycles. The molecule has 2 aliphatic heterocycles. The molecule has 2 amide bonds. The number of methoxy groups -OCH3 is 2. The lowest BCUT2D eigenvalue weighted by Crippen LogP contribution is -2.42. The van der Waals surface area contributed by atoms with Crippen LogP contribution in [-0.4, -0.2) is 79.5 Å². The molecule has 7 nitrogen and oxygen atoms in total. The first-order valence-corrected chi connectivity index (χ1v) is 6.80. The van der Waals surface area contributed by atoms with E-state index in [1.165, 1.54) is 0 Å². The number of hydrogen-bond donors (Lipinski definition) is 1. The Balaban J connectivity index is 1.98. The van der Waals surface area contributed by atoms with Crippen LogP contribution < -0.4 is 0 Å². The van der Waals surface area contributed by atoms with Crippen LogP contribution >= 0.6 is 0 Å². The summed E-state index contributed by atoms with van der Waals surface area (Å²) in [6.07, 6.45) is -0.251. The molecular weight excluding hydrogens is 264 g/mol. The highest BCUT2D eigenvalue weighted by Gasteiger charge is 2.42. The molecule has 0 aromatic rings. The lowest BCUT2D eigenvalue weighted by Gasteiger charge is -2.24. The topological polar surface area (TPSA) is 79.3 Å². The standard InChI is InChI=1S/C13H22N2O5/c1-8-4-14(5-9(8)12(16)17)13(18)15-6-10(19-2)11(7-15)20-3/h8-11H,4-7H2,1-3H3,(H,16,17). The van der Waals surface area contributed by atoms with Crippen LogP contribution in [0.4, 0.5) is 4.79 Å². The van der Waals surface area contributed by atoms with Gasteiger partial charge in [0.25, 0.3) is 0 Å². The van der Waals surface area contributed by atoms with Crippen LogP contribution in [0.5, 0.6) is 0 Å². The molecule has 2 fully saturated rings. The van der Waals surface area contributed by atoms with Gasteiger partial charge in [-0.3, -0.25) is 4.79 Å². The van der Waals surface area contributed by atoms with Gasteiger partial charge in [-0.15, -0.1) is 0 Å². The fourth-order valence-corrected chi connectivity index (χ4v) is 3.00. The predicted octanol–water partition coefficient (Wildman–Crippen LogP) is 0.105. The van der Waals surface area contributed by atoms with E-state index < -0.39 is 11.9 Å². The predicted molar refractivity (Wildman–Crippen MR) is 70.4 cm³/mol. The first-order chi connectivity index (χ1) is 9.47. The highest BCUT2D eigenvalue weighted by molar-refractivity contribution is 5.78. The third-order valence-corrected chi connectivity index (χ3v) is 4.29. The van der Waals surface area contributed by atoms with Gasteiger partial charge in [-0.2, -0.15) is 0 Å². The average molecular weight is 286 g/mol. The Kier molecular flexibility index (Phi) is 4.49. The molecule has 0 spiro atoms. The zero-order valence-corrected chi connectivity index (χ0v) is 12.1. The van der Waals surface area contributed by atoms with Crippen molar-refractivity contribution in [1.82, 2.24) is 9.80 Å². The second-order valence-corrected chi connectivity index (χ2v) is 5.56. The van der Waals surface area contributed by atoms with Crippen molar-refractivity contribution in [3.05, 3.63) is 0 Å². The van der Waals surface area contributed by atoms with Crippen LogP contribution in [0.2, 0.25) is 0 Å². The quantitative estimate of drug-likeness (QED) is 0.796. The molecule has 0 aromatic carbocycles. The van der Waals surface area contributed by atoms with Crippen LogP contribution in [0.15, 0.2) is 0 Å². The monoisotopic (exact) mass is 286 g/mol. The molecule has 2 aliphatic rings. The summed E-state index contributed by atoms with van der Waals surface area (Å²) in [6.45, 7) is 3.60. The second kappa shape index (κ2) is 5.97. The van der Waals surface area contributed by atoms with Gasteiger partial charge in [0.15, 0.2) is 0 Å². The minimum atomic E-state index is -0.834. The molecule has 1 N–H and O–H groups in total. The number of carbonyl (C=O) groups excluding carboxylic acids is 1. The summed E-state index contributed by atoms with van der Waals surface area (Å²) in [4.78, 5) is 26.8. The Bertz CT molecular complexity index is 377. The number of ether oxygens (including phenoxy) is 2. The minimum absolute atomic E-state index is 0.0181. The SMILES string of the molecule is COC1CN(C(=O)N2CC(C)C(C(=O)O)C2)CC1OC. The van der Waals surface area contributed by atoms with Crippen LogP contribution in [0.3, 0.4) is 0 Å². The third kappa shape index (κ3) is 2.73. The zero-order chi connectivity index (χ0) is 14.9. The second-order valence-electron chi connectivity index (χ2n) is 5.56. The molecule has 0 bridgehead atoms. The molecule has 4 atom stereocenters. The number of urea groups is 1. The van der Waals surface area contributed by atoms with Gasteiger partial charge in [0, 0.05) is 27.3 Å². The number of carboxylic acids is 1. The largest absolute Gasteiger partial charge is 0.481 e. The molecule has 2 rings (SSSR count). The number of amides is 2. The van der Waals surface area contributed by atoms with Crippen molar-refractivity contribution in [2.24, 2.45) is 11.8 Å². The Hall–Kier alpha value is -1.34. The van der Waals surface area contributed by atoms with E-state index in [2.05, 4.69) is 0 Å². The highest BCUT2D eigenvalue weighted by Crippen LogP contribution is 2.26. The zero-order valence-electron chi connectivity index (χ0n) is 12.1.